The number of carbonyl (C=O) groups is 1. The van der Waals surface area contributed by atoms with Gasteiger partial charge in [0, 0.05) is 12.1 Å². The van der Waals surface area contributed by atoms with Crippen LogP contribution in [0.3, 0.4) is 0 Å². The van der Waals surface area contributed by atoms with Crippen molar-refractivity contribution < 1.29 is 19.0 Å². The molecule has 1 amide bonds. The first kappa shape index (κ1) is 18.9. The van der Waals surface area contributed by atoms with Crippen molar-refractivity contribution in [3.63, 3.8) is 0 Å². The van der Waals surface area contributed by atoms with Gasteiger partial charge in [-0.25, -0.2) is 0 Å². The molecule has 0 unspecified atom stereocenters. The molecule has 5 nitrogen and oxygen atoms in total. The fourth-order valence-corrected chi connectivity index (χ4v) is 2.45. The third-order valence-corrected chi connectivity index (χ3v) is 3.68. The Morgan fingerprint density at radius 3 is 2.36 bits per heavy atom. The molecule has 0 aliphatic heterocycles. The number of benzene rings is 2. The van der Waals surface area contributed by atoms with E-state index in [0.717, 1.165) is 11.5 Å². The van der Waals surface area contributed by atoms with Gasteiger partial charge in [0.25, 0.3) is 0 Å². The SMILES string of the molecule is CCOc1ccc(OCCCC(=O)Nc2ccc(OC)c(Cl)c2)cc1. The zero-order valence-electron chi connectivity index (χ0n) is 14.4. The lowest BCUT2D eigenvalue weighted by Gasteiger charge is -2.09. The molecule has 6 heteroatoms. The van der Waals surface area contributed by atoms with Crippen LogP contribution in [0.2, 0.25) is 5.02 Å². The first-order chi connectivity index (χ1) is 12.1. The van der Waals surface area contributed by atoms with Crippen LogP contribution >= 0.6 is 11.6 Å². The number of hydrogen-bond acceptors (Lipinski definition) is 4. The summed E-state index contributed by atoms with van der Waals surface area (Å²) >= 11 is 6.03. The minimum absolute atomic E-state index is 0.0865. The highest BCUT2D eigenvalue weighted by molar-refractivity contribution is 6.32. The molecule has 25 heavy (non-hydrogen) atoms. The van der Waals surface area contributed by atoms with Gasteiger partial charge in [-0.1, -0.05) is 11.6 Å². The van der Waals surface area contributed by atoms with Gasteiger partial charge in [-0.15, -0.1) is 0 Å². The predicted octanol–water partition coefficient (Wildman–Crippen LogP) is 4.55. The Morgan fingerprint density at radius 1 is 1.08 bits per heavy atom. The zero-order chi connectivity index (χ0) is 18.1. The van der Waals surface area contributed by atoms with E-state index in [4.69, 9.17) is 25.8 Å². The van der Waals surface area contributed by atoms with E-state index < -0.39 is 0 Å². The number of nitrogens with one attached hydrogen (secondary N) is 1. The Kier molecular flexibility index (Phi) is 7.41. The minimum Gasteiger partial charge on any atom is -0.495 e. The van der Waals surface area contributed by atoms with Crippen molar-refractivity contribution >= 4 is 23.2 Å². The summed E-state index contributed by atoms with van der Waals surface area (Å²) in [6.07, 6.45) is 0.976. The van der Waals surface area contributed by atoms with Crippen LogP contribution < -0.4 is 19.5 Å². The molecule has 134 valence electrons. The van der Waals surface area contributed by atoms with Gasteiger partial charge in [0.2, 0.25) is 5.91 Å². The second kappa shape index (κ2) is 9.79. The smallest absolute Gasteiger partial charge is 0.224 e. The average Bonchev–Trinajstić information content (AvgIpc) is 2.60. The van der Waals surface area contributed by atoms with Crippen molar-refractivity contribution in [2.45, 2.75) is 19.8 Å². The van der Waals surface area contributed by atoms with Crippen molar-refractivity contribution in [1.29, 1.82) is 0 Å². The molecule has 0 saturated heterocycles. The molecule has 0 aromatic heterocycles. The molecule has 0 atom stereocenters. The number of rotatable bonds is 9. The van der Waals surface area contributed by atoms with Crippen LogP contribution in [0.1, 0.15) is 19.8 Å². The largest absolute Gasteiger partial charge is 0.495 e. The number of anilines is 1. The Labute approximate surface area is 152 Å². The normalized spacial score (nSPS) is 10.2. The third kappa shape index (κ3) is 6.19. The summed E-state index contributed by atoms with van der Waals surface area (Å²) in [7, 11) is 1.55. The number of hydrogen-bond donors (Lipinski definition) is 1. The Morgan fingerprint density at radius 2 is 1.76 bits per heavy atom. The van der Waals surface area contributed by atoms with Gasteiger partial charge >= 0.3 is 0 Å². The molecule has 0 saturated carbocycles. The van der Waals surface area contributed by atoms with E-state index >= 15 is 0 Å². The number of methoxy groups -OCH3 is 1. The number of halogens is 1. The quantitative estimate of drug-likeness (QED) is 0.664. The van der Waals surface area contributed by atoms with E-state index in [2.05, 4.69) is 5.32 Å². The van der Waals surface area contributed by atoms with Crippen LogP contribution in [0, 0.1) is 0 Å². The van der Waals surface area contributed by atoms with Gasteiger partial charge in [0.05, 0.1) is 25.3 Å². The molecule has 0 fully saturated rings. The van der Waals surface area contributed by atoms with Crippen molar-refractivity contribution in [1.82, 2.24) is 0 Å². The van der Waals surface area contributed by atoms with Crippen molar-refractivity contribution in [2.75, 3.05) is 25.6 Å². The molecule has 0 heterocycles. The molecule has 0 aliphatic rings. The van der Waals surface area contributed by atoms with E-state index in [9.17, 15) is 4.79 Å². The molecule has 2 aromatic rings. The lowest BCUT2D eigenvalue weighted by Crippen LogP contribution is -2.12. The van der Waals surface area contributed by atoms with E-state index in [1.54, 1.807) is 25.3 Å². The number of amides is 1. The van der Waals surface area contributed by atoms with E-state index in [1.807, 2.05) is 31.2 Å². The molecule has 0 radical (unpaired) electrons. The minimum atomic E-state index is -0.0865. The first-order valence-corrected chi connectivity index (χ1v) is 8.49. The summed E-state index contributed by atoms with van der Waals surface area (Å²) in [6.45, 7) is 3.04. The fourth-order valence-electron chi connectivity index (χ4n) is 2.19. The Balaban J connectivity index is 1.70. The lowest BCUT2D eigenvalue weighted by atomic mass is 10.2. The van der Waals surface area contributed by atoms with Crippen LogP contribution in [0.15, 0.2) is 42.5 Å². The van der Waals surface area contributed by atoms with Crippen LogP contribution in [0.5, 0.6) is 17.2 Å². The maximum atomic E-state index is 11.9. The van der Waals surface area contributed by atoms with Gasteiger partial charge in [-0.2, -0.15) is 0 Å². The second-order valence-corrected chi connectivity index (χ2v) is 5.66. The standard InChI is InChI=1S/C19H22ClNO4/c1-3-24-15-7-9-16(10-8-15)25-12-4-5-19(22)21-14-6-11-18(23-2)17(20)13-14/h6-11,13H,3-5,12H2,1-2H3,(H,21,22). The summed E-state index contributed by atoms with van der Waals surface area (Å²) in [4.78, 5) is 11.9. The Bertz CT molecular complexity index is 688. The number of ether oxygens (including phenoxy) is 3. The lowest BCUT2D eigenvalue weighted by molar-refractivity contribution is -0.116. The topological polar surface area (TPSA) is 56.8 Å². The molecule has 2 aromatic carbocycles. The van der Waals surface area contributed by atoms with E-state index in [-0.39, 0.29) is 5.91 Å². The molecule has 2 rings (SSSR count). The molecule has 0 bridgehead atoms. The average molecular weight is 364 g/mol. The maximum Gasteiger partial charge on any atom is 0.224 e. The van der Waals surface area contributed by atoms with Crippen LogP contribution in [-0.4, -0.2) is 26.2 Å². The maximum absolute atomic E-state index is 11.9. The van der Waals surface area contributed by atoms with Gasteiger partial charge < -0.3 is 19.5 Å². The molecule has 0 aliphatic carbocycles. The van der Waals surface area contributed by atoms with E-state index in [0.29, 0.717) is 42.5 Å². The van der Waals surface area contributed by atoms with Crippen molar-refractivity contribution in [3.05, 3.63) is 47.5 Å². The van der Waals surface area contributed by atoms with Gasteiger partial charge in [-0.05, 0) is 55.8 Å². The molecular formula is C19H22ClNO4. The highest BCUT2D eigenvalue weighted by atomic mass is 35.5. The monoisotopic (exact) mass is 363 g/mol. The Hall–Kier alpha value is -2.40. The molecule has 1 N–H and O–H groups in total. The zero-order valence-corrected chi connectivity index (χ0v) is 15.1. The van der Waals surface area contributed by atoms with Crippen molar-refractivity contribution in [3.8, 4) is 17.2 Å². The summed E-state index contributed by atoms with van der Waals surface area (Å²) in [5.74, 6) is 2.05. The summed E-state index contributed by atoms with van der Waals surface area (Å²) in [5, 5.41) is 3.26. The van der Waals surface area contributed by atoms with Gasteiger partial charge in [0.1, 0.15) is 17.2 Å². The highest BCUT2D eigenvalue weighted by Gasteiger charge is 2.06. The van der Waals surface area contributed by atoms with E-state index in [1.165, 1.54) is 0 Å². The molecular weight excluding hydrogens is 342 g/mol. The summed E-state index contributed by atoms with van der Waals surface area (Å²) < 4.78 is 16.1. The molecule has 0 spiro atoms. The van der Waals surface area contributed by atoms with Crippen LogP contribution in [0.4, 0.5) is 5.69 Å². The van der Waals surface area contributed by atoms with Gasteiger partial charge in [0.15, 0.2) is 0 Å². The summed E-state index contributed by atoms with van der Waals surface area (Å²) in [5.41, 5.74) is 0.642. The number of carbonyl (C=O) groups excluding carboxylic acids is 1. The highest BCUT2D eigenvalue weighted by Crippen LogP contribution is 2.27. The van der Waals surface area contributed by atoms with Crippen LogP contribution in [-0.2, 0) is 4.79 Å². The van der Waals surface area contributed by atoms with Crippen LogP contribution in [0.25, 0.3) is 0 Å². The summed E-state index contributed by atoms with van der Waals surface area (Å²) in [6, 6.07) is 12.5. The fraction of sp³-hybridized carbons (Fsp3) is 0.316. The second-order valence-electron chi connectivity index (χ2n) is 5.25. The van der Waals surface area contributed by atoms with Gasteiger partial charge in [-0.3, -0.25) is 4.79 Å². The predicted molar refractivity (Wildman–Crippen MR) is 99.0 cm³/mol. The van der Waals surface area contributed by atoms with Crippen molar-refractivity contribution in [2.24, 2.45) is 0 Å². The third-order valence-electron chi connectivity index (χ3n) is 3.39. The first-order valence-electron chi connectivity index (χ1n) is 8.11.